The quantitative estimate of drug-likeness (QED) is 0.248. The van der Waals surface area contributed by atoms with Crippen molar-refractivity contribution in [1.29, 1.82) is 0 Å². The molecule has 5 N–H and O–H groups in total. The minimum absolute atomic E-state index is 0.0312. The molecule has 10 nitrogen and oxygen atoms in total. The molecule has 13 heteroatoms. The third kappa shape index (κ3) is 7.04. The van der Waals surface area contributed by atoms with Crippen molar-refractivity contribution in [2.45, 2.75) is 65.3 Å². The summed E-state index contributed by atoms with van der Waals surface area (Å²) >= 11 is 2.48. The van der Waals surface area contributed by atoms with E-state index in [1.807, 2.05) is 38.1 Å². The van der Waals surface area contributed by atoms with E-state index in [-0.39, 0.29) is 34.6 Å². The maximum atomic E-state index is 13.8. The summed E-state index contributed by atoms with van der Waals surface area (Å²) in [4.78, 5) is 47.2. The number of rotatable bonds is 8. The number of carbonyl (C=O) groups is 3. The van der Waals surface area contributed by atoms with Crippen LogP contribution in [0.3, 0.4) is 0 Å². The van der Waals surface area contributed by atoms with Gasteiger partial charge in [-0.2, -0.15) is 0 Å². The summed E-state index contributed by atoms with van der Waals surface area (Å²) in [5, 5.41) is 34.9. The number of likely N-dealkylation sites (tertiary alicyclic amines) is 1. The highest BCUT2D eigenvalue weighted by Gasteiger charge is 2.44. The van der Waals surface area contributed by atoms with Gasteiger partial charge in [-0.25, -0.2) is 4.98 Å². The maximum Gasteiger partial charge on any atom is 0.499 e. The number of nitrogens with one attached hydrogen (secondary N) is 2. The van der Waals surface area contributed by atoms with Crippen LogP contribution in [0, 0.1) is 12.3 Å². The van der Waals surface area contributed by atoms with Gasteiger partial charge in [0.2, 0.25) is 11.8 Å². The third-order valence-electron chi connectivity index (χ3n) is 7.14. The molecule has 0 unspecified atom stereocenters. The number of benzene rings is 1. The predicted octanol–water partition coefficient (Wildman–Crippen LogP) is 1.84. The Balaban J connectivity index is 1.47. The number of β-amino-alcohol motifs (C(OH)–C–C–N with tert-alkyl or cyclic N) is 1. The van der Waals surface area contributed by atoms with Crippen molar-refractivity contribution in [3.63, 3.8) is 0 Å². The van der Waals surface area contributed by atoms with Crippen LogP contribution in [0.5, 0.6) is 0 Å². The Morgan fingerprint density at radius 1 is 1.10 bits per heavy atom. The van der Waals surface area contributed by atoms with Crippen LogP contribution >= 0.6 is 22.7 Å². The second-order valence-electron chi connectivity index (χ2n) is 11.4. The molecule has 0 saturated carbocycles. The van der Waals surface area contributed by atoms with Gasteiger partial charge in [0, 0.05) is 17.7 Å². The fourth-order valence-corrected chi connectivity index (χ4v) is 6.43. The predicted molar refractivity (Wildman–Crippen MR) is 160 cm³/mol. The van der Waals surface area contributed by atoms with Gasteiger partial charge in [0.05, 0.1) is 33.1 Å². The number of hydrogen-bond acceptors (Lipinski definition) is 9. The molecule has 3 amide bonds. The number of thiazole rings is 1. The fourth-order valence-electron chi connectivity index (χ4n) is 4.83. The van der Waals surface area contributed by atoms with Gasteiger partial charge < -0.3 is 30.7 Å². The molecule has 0 radical (unpaired) electrons. The Hall–Kier alpha value is -3.10. The molecular weight excluding hydrogens is 563 g/mol. The van der Waals surface area contributed by atoms with Crippen molar-refractivity contribution in [3.05, 3.63) is 58.0 Å². The Kier molecular flexibility index (Phi) is 9.34. The standard InChI is InChI=1S/C28H35BN4O6S2/c1-15(17-6-8-18(9-7-17)23-16(2)30-14-40-23)31-25(35)20-12-19(34)13-33(20)27(37)24(28(3,4)5)32-26(36)21-10-11-22(41-21)29(38)39/h6-11,14-15,19-20,24,34,38-39H,12-13H2,1-5H3,(H,31,35)(H,32,36)/t15-,19+,20-,24+/m0/s1. The maximum absolute atomic E-state index is 13.8. The molecule has 0 bridgehead atoms. The van der Waals surface area contributed by atoms with Gasteiger partial charge in [-0.3, -0.25) is 14.4 Å². The summed E-state index contributed by atoms with van der Waals surface area (Å²) in [6.07, 6.45) is -0.796. The van der Waals surface area contributed by atoms with Gasteiger partial charge in [-0.1, -0.05) is 51.1 Å². The number of aliphatic hydroxyl groups is 1. The lowest BCUT2D eigenvalue weighted by Gasteiger charge is -2.35. The second kappa shape index (κ2) is 12.4. The summed E-state index contributed by atoms with van der Waals surface area (Å²) in [7, 11) is -1.70. The van der Waals surface area contributed by atoms with Crippen LogP contribution in [0.1, 0.15) is 61.1 Å². The average Bonchev–Trinajstić information content (AvgIpc) is 3.66. The van der Waals surface area contributed by atoms with Gasteiger partial charge in [0.15, 0.2) is 0 Å². The fraction of sp³-hybridized carbons (Fsp3) is 0.429. The molecule has 4 rings (SSSR count). The molecule has 218 valence electrons. The first-order valence-corrected chi connectivity index (χ1v) is 15.0. The monoisotopic (exact) mass is 598 g/mol. The normalized spacial score (nSPS) is 18.6. The van der Waals surface area contributed by atoms with E-state index in [1.54, 1.807) is 37.6 Å². The summed E-state index contributed by atoms with van der Waals surface area (Å²) < 4.78 is 0.204. The first-order valence-electron chi connectivity index (χ1n) is 13.3. The van der Waals surface area contributed by atoms with Crippen molar-refractivity contribution in [2.24, 2.45) is 5.41 Å². The number of amides is 3. The smallest absolute Gasteiger partial charge is 0.423 e. The number of hydrogen-bond donors (Lipinski definition) is 5. The molecule has 2 aromatic heterocycles. The minimum Gasteiger partial charge on any atom is -0.423 e. The van der Waals surface area contributed by atoms with Crippen LogP contribution in [0.15, 0.2) is 41.9 Å². The average molecular weight is 599 g/mol. The van der Waals surface area contributed by atoms with Gasteiger partial charge in [0.25, 0.3) is 5.91 Å². The highest BCUT2D eigenvalue weighted by molar-refractivity contribution is 7.23. The topological polar surface area (TPSA) is 152 Å². The largest absolute Gasteiger partial charge is 0.499 e. The molecule has 1 aromatic carbocycles. The van der Waals surface area contributed by atoms with Crippen molar-refractivity contribution in [3.8, 4) is 10.4 Å². The number of carbonyl (C=O) groups excluding carboxylic acids is 3. The highest BCUT2D eigenvalue weighted by atomic mass is 32.1. The van der Waals surface area contributed by atoms with Crippen LogP contribution in [0.4, 0.5) is 0 Å². The van der Waals surface area contributed by atoms with E-state index in [9.17, 15) is 29.5 Å². The van der Waals surface area contributed by atoms with E-state index in [0.29, 0.717) is 0 Å². The summed E-state index contributed by atoms with van der Waals surface area (Å²) in [6.45, 7) is 9.19. The number of thiophene rings is 1. The molecule has 3 heterocycles. The van der Waals surface area contributed by atoms with E-state index in [1.165, 1.54) is 17.0 Å². The summed E-state index contributed by atoms with van der Waals surface area (Å²) in [5.74, 6) is -1.40. The lowest BCUT2D eigenvalue weighted by molar-refractivity contribution is -0.142. The number of aliphatic hydroxyl groups excluding tert-OH is 1. The Morgan fingerprint density at radius 3 is 2.34 bits per heavy atom. The lowest BCUT2D eigenvalue weighted by Crippen LogP contribution is -2.57. The van der Waals surface area contributed by atoms with E-state index in [2.05, 4.69) is 15.6 Å². The van der Waals surface area contributed by atoms with Crippen molar-refractivity contribution in [2.75, 3.05) is 6.54 Å². The van der Waals surface area contributed by atoms with Gasteiger partial charge >= 0.3 is 7.12 Å². The van der Waals surface area contributed by atoms with E-state index < -0.39 is 42.5 Å². The second-order valence-corrected chi connectivity index (χ2v) is 13.3. The lowest BCUT2D eigenvalue weighted by atomic mass is 9.85. The third-order valence-corrected chi connectivity index (χ3v) is 9.24. The van der Waals surface area contributed by atoms with Crippen LogP contribution < -0.4 is 15.4 Å². The van der Waals surface area contributed by atoms with Gasteiger partial charge in [-0.05, 0) is 36.5 Å². The zero-order valence-electron chi connectivity index (χ0n) is 23.6. The van der Waals surface area contributed by atoms with Crippen molar-refractivity contribution >= 4 is 52.3 Å². The number of nitrogens with zero attached hydrogens (tertiary/aromatic N) is 2. The molecule has 1 fully saturated rings. The van der Waals surface area contributed by atoms with Crippen molar-refractivity contribution < 1.29 is 29.5 Å². The summed E-state index contributed by atoms with van der Waals surface area (Å²) in [5.41, 5.74) is 3.99. The first kappa shape index (κ1) is 30.9. The van der Waals surface area contributed by atoms with Gasteiger partial charge in [-0.15, -0.1) is 22.7 Å². The molecular formula is C28H35BN4O6S2. The van der Waals surface area contributed by atoms with Crippen LogP contribution in [0.2, 0.25) is 0 Å². The molecule has 3 aromatic rings. The van der Waals surface area contributed by atoms with Gasteiger partial charge in [0.1, 0.15) is 12.1 Å². The molecule has 1 aliphatic rings. The first-order chi connectivity index (χ1) is 19.3. The zero-order chi connectivity index (χ0) is 30.1. The highest BCUT2D eigenvalue weighted by Crippen LogP contribution is 2.29. The Labute approximate surface area is 247 Å². The Bertz CT molecular complexity index is 1400. The molecule has 0 spiro atoms. The Morgan fingerprint density at radius 2 is 1.78 bits per heavy atom. The van der Waals surface area contributed by atoms with E-state index in [0.717, 1.165) is 33.0 Å². The molecule has 41 heavy (non-hydrogen) atoms. The summed E-state index contributed by atoms with van der Waals surface area (Å²) in [6, 6.07) is 8.52. The van der Waals surface area contributed by atoms with Crippen LogP contribution in [-0.2, 0) is 9.59 Å². The molecule has 4 atom stereocenters. The van der Waals surface area contributed by atoms with Crippen molar-refractivity contribution in [1.82, 2.24) is 20.5 Å². The van der Waals surface area contributed by atoms with E-state index >= 15 is 0 Å². The minimum atomic E-state index is -1.70. The number of aryl methyl sites for hydroxylation is 1. The molecule has 1 aliphatic heterocycles. The molecule has 0 aliphatic carbocycles. The van der Waals surface area contributed by atoms with E-state index in [4.69, 9.17) is 0 Å². The van der Waals surface area contributed by atoms with Crippen LogP contribution in [0.25, 0.3) is 10.4 Å². The number of aromatic nitrogens is 1. The molecule has 1 saturated heterocycles. The zero-order valence-corrected chi connectivity index (χ0v) is 25.3. The van der Waals surface area contributed by atoms with Crippen LogP contribution in [-0.4, -0.2) is 74.6 Å². The SMILES string of the molecule is Cc1ncsc1-c1ccc([C@H](C)NC(=O)[C@@H]2C[C@@H](O)CN2C(=O)[C@@H](NC(=O)c2ccc(B(O)O)s2)C(C)(C)C)cc1.